The fourth-order valence-corrected chi connectivity index (χ4v) is 2.22. The number of hydrogen-bond donors (Lipinski definition) is 1. The summed E-state index contributed by atoms with van der Waals surface area (Å²) in [6.45, 7) is 1.57. The standard InChI is InChI=1S/C13H16N2O/c14-9-11-3-1-2-4-12(11)13(15)10-5-7-16-8-6-10/h1-4,10,13H,5-8,15H2/t13-/m0/s1. The Bertz CT molecular complexity index is 391. The summed E-state index contributed by atoms with van der Waals surface area (Å²) in [6, 6.07) is 9.76. The van der Waals surface area contributed by atoms with Crippen LogP contribution in [0.2, 0.25) is 0 Å². The summed E-state index contributed by atoms with van der Waals surface area (Å²) in [6.07, 6.45) is 1.97. The molecule has 1 fully saturated rings. The van der Waals surface area contributed by atoms with Crippen molar-refractivity contribution in [3.05, 3.63) is 35.4 Å². The van der Waals surface area contributed by atoms with E-state index in [2.05, 4.69) is 6.07 Å². The third kappa shape index (κ3) is 2.24. The molecule has 0 unspecified atom stereocenters. The Hall–Kier alpha value is -1.37. The molecule has 2 N–H and O–H groups in total. The summed E-state index contributed by atoms with van der Waals surface area (Å²) in [5, 5.41) is 9.04. The summed E-state index contributed by atoms with van der Waals surface area (Å²) in [5.41, 5.74) is 7.90. The fourth-order valence-electron chi connectivity index (χ4n) is 2.22. The highest BCUT2D eigenvalue weighted by atomic mass is 16.5. The fraction of sp³-hybridized carbons (Fsp3) is 0.462. The van der Waals surface area contributed by atoms with E-state index >= 15 is 0 Å². The van der Waals surface area contributed by atoms with Gasteiger partial charge in [-0.25, -0.2) is 0 Å². The van der Waals surface area contributed by atoms with Crippen molar-refractivity contribution in [2.24, 2.45) is 11.7 Å². The molecule has 1 aliphatic heterocycles. The van der Waals surface area contributed by atoms with E-state index in [-0.39, 0.29) is 6.04 Å². The molecule has 3 nitrogen and oxygen atoms in total. The van der Waals surface area contributed by atoms with Crippen LogP contribution in [0, 0.1) is 17.2 Å². The zero-order chi connectivity index (χ0) is 11.4. The Balaban J connectivity index is 2.19. The van der Waals surface area contributed by atoms with E-state index in [1.807, 2.05) is 24.3 Å². The first kappa shape index (κ1) is 11.1. The quantitative estimate of drug-likeness (QED) is 0.822. The van der Waals surface area contributed by atoms with Crippen molar-refractivity contribution in [1.82, 2.24) is 0 Å². The first-order chi connectivity index (χ1) is 7.83. The number of ether oxygens (including phenoxy) is 1. The van der Waals surface area contributed by atoms with E-state index in [1.165, 1.54) is 0 Å². The van der Waals surface area contributed by atoms with Gasteiger partial charge in [-0.05, 0) is 30.4 Å². The van der Waals surface area contributed by atoms with Crippen LogP contribution in [0.4, 0.5) is 0 Å². The number of nitrogens with zero attached hydrogens (tertiary/aromatic N) is 1. The van der Waals surface area contributed by atoms with Crippen LogP contribution in [0.3, 0.4) is 0 Å². The molecule has 0 spiro atoms. The Labute approximate surface area is 95.8 Å². The molecule has 1 aromatic rings. The third-order valence-electron chi connectivity index (χ3n) is 3.21. The van der Waals surface area contributed by atoms with Crippen LogP contribution < -0.4 is 5.73 Å². The normalized spacial score (nSPS) is 19.0. The van der Waals surface area contributed by atoms with Gasteiger partial charge in [-0.15, -0.1) is 0 Å². The minimum Gasteiger partial charge on any atom is -0.381 e. The van der Waals surface area contributed by atoms with Crippen molar-refractivity contribution in [2.75, 3.05) is 13.2 Å². The lowest BCUT2D eigenvalue weighted by molar-refractivity contribution is 0.0583. The minimum atomic E-state index is -0.0419. The second kappa shape index (κ2) is 5.11. The van der Waals surface area contributed by atoms with E-state index in [1.54, 1.807) is 0 Å². The van der Waals surface area contributed by atoms with Gasteiger partial charge in [-0.1, -0.05) is 18.2 Å². The van der Waals surface area contributed by atoms with Crippen LogP contribution in [0.25, 0.3) is 0 Å². The second-order valence-electron chi connectivity index (χ2n) is 4.17. The topological polar surface area (TPSA) is 59.0 Å². The largest absolute Gasteiger partial charge is 0.381 e. The van der Waals surface area contributed by atoms with Gasteiger partial charge in [0.1, 0.15) is 0 Å². The zero-order valence-corrected chi connectivity index (χ0v) is 9.23. The summed E-state index contributed by atoms with van der Waals surface area (Å²) < 4.78 is 5.32. The predicted octanol–water partition coefficient (Wildman–Crippen LogP) is 1.98. The second-order valence-corrected chi connectivity index (χ2v) is 4.17. The van der Waals surface area contributed by atoms with Gasteiger partial charge in [0.2, 0.25) is 0 Å². The van der Waals surface area contributed by atoms with Crippen LogP contribution in [0.1, 0.15) is 30.0 Å². The first-order valence-electron chi connectivity index (χ1n) is 5.65. The van der Waals surface area contributed by atoms with Gasteiger partial charge in [0.15, 0.2) is 0 Å². The zero-order valence-electron chi connectivity index (χ0n) is 9.23. The maximum absolute atomic E-state index is 9.04. The van der Waals surface area contributed by atoms with Gasteiger partial charge >= 0.3 is 0 Å². The van der Waals surface area contributed by atoms with Crippen molar-refractivity contribution < 1.29 is 4.74 Å². The highest BCUT2D eigenvalue weighted by molar-refractivity contribution is 5.39. The van der Waals surface area contributed by atoms with Gasteiger partial charge in [-0.3, -0.25) is 0 Å². The van der Waals surface area contributed by atoms with E-state index in [0.29, 0.717) is 11.5 Å². The average Bonchev–Trinajstić information content (AvgIpc) is 2.39. The molecule has 0 radical (unpaired) electrons. The Morgan fingerprint density at radius 2 is 2.00 bits per heavy atom. The van der Waals surface area contributed by atoms with E-state index in [4.69, 9.17) is 15.7 Å². The third-order valence-corrected chi connectivity index (χ3v) is 3.21. The number of nitriles is 1. The number of hydrogen-bond acceptors (Lipinski definition) is 3. The summed E-state index contributed by atoms with van der Waals surface area (Å²) in [7, 11) is 0. The first-order valence-corrected chi connectivity index (χ1v) is 5.65. The molecular formula is C13H16N2O. The lowest BCUT2D eigenvalue weighted by Gasteiger charge is -2.28. The van der Waals surface area contributed by atoms with E-state index in [9.17, 15) is 0 Å². The number of nitrogens with two attached hydrogens (primary N) is 1. The van der Waals surface area contributed by atoms with Crippen molar-refractivity contribution in [1.29, 1.82) is 5.26 Å². The molecule has 0 saturated carbocycles. The van der Waals surface area contributed by atoms with Gasteiger partial charge < -0.3 is 10.5 Å². The highest BCUT2D eigenvalue weighted by Crippen LogP contribution is 2.29. The van der Waals surface area contributed by atoms with Crippen molar-refractivity contribution in [3.8, 4) is 6.07 Å². The molecule has 1 saturated heterocycles. The molecule has 1 aliphatic rings. The van der Waals surface area contributed by atoms with Crippen LogP contribution in [-0.4, -0.2) is 13.2 Å². The molecule has 84 valence electrons. The van der Waals surface area contributed by atoms with Gasteiger partial charge in [0.25, 0.3) is 0 Å². The SMILES string of the molecule is N#Cc1ccccc1[C@@H](N)C1CCOCC1. The molecular weight excluding hydrogens is 200 g/mol. The van der Waals surface area contributed by atoms with Crippen LogP contribution in [0.15, 0.2) is 24.3 Å². The van der Waals surface area contributed by atoms with E-state index in [0.717, 1.165) is 31.6 Å². The van der Waals surface area contributed by atoms with Gasteiger partial charge in [0, 0.05) is 19.3 Å². The van der Waals surface area contributed by atoms with Crippen LogP contribution in [0.5, 0.6) is 0 Å². The summed E-state index contributed by atoms with van der Waals surface area (Å²) >= 11 is 0. The molecule has 1 aromatic carbocycles. The van der Waals surface area contributed by atoms with Crippen molar-refractivity contribution in [2.45, 2.75) is 18.9 Å². The lowest BCUT2D eigenvalue weighted by atomic mass is 9.86. The van der Waals surface area contributed by atoms with Gasteiger partial charge in [0.05, 0.1) is 11.6 Å². The Kier molecular flexibility index (Phi) is 3.55. The molecule has 1 heterocycles. The molecule has 0 amide bonds. The van der Waals surface area contributed by atoms with Crippen LogP contribution in [-0.2, 0) is 4.74 Å². The monoisotopic (exact) mass is 216 g/mol. The molecule has 0 bridgehead atoms. The predicted molar refractivity (Wildman–Crippen MR) is 61.6 cm³/mol. The molecule has 2 rings (SSSR count). The molecule has 0 aliphatic carbocycles. The highest BCUT2D eigenvalue weighted by Gasteiger charge is 2.23. The lowest BCUT2D eigenvalue weighted by Crippen LogP contribution is -2.28. The molecule has 0 aromatic heterocycles. The molecule has 3 heteroatoms. The smallest absolute Gasteiger partial charge is 0.0995 e. The molecule has 1 atom stereocenters. The molecule has 16 heavy (non-hydrogen) atoms. The minimum absolute atomic E-state index is 0.0419. The van der Waals surface area contributed by atoms with Crippen molar-refractivity contribution in [3.63, 3.8) is 0 Å². The maximum Gasteiger partial charge on any atom is 0.0995 e. The van der Waals surface area contributed by atoms with Crippen molar-refractivity contribution >= 4 is 0 Å². The Morgan fingerprint density at radius 1 is 1.31 bits per heavy atom. The summed E-state index contributed by atoms with van der Waals surface area (Å²) in [5.74, 6) is 0.434. The Morgan fingerprint density at radius 3 is 2.69 bits per heavy atom. The number of benzene rings is 1. The van der Waals surface area contributed by atoms with E-state index < -0.39 is 0 Å². The number of rotatable bonds is 2. The van der Waals surface area contributed by atoms with Crippen LogP contribution >= 0.6 is 0 Å². The average molecular weight is 216 g/mol. The van der Waals surface area contributed by atoms with Gasteiger partial charge in [-0.2, -0.15) is 5.26 Å². The maximum atomic E-state index is 9.04. The summed E-state index contributed by atoms with van der Waals surface area (Å²) in [4.78, 5) is 0.